The van der Waals surface area contributed by atoms with Crippen molar-refractivity contribution >= 4 is 37.1 Å². The van der Waals surface area contributed by atoms with Crippen molar-refractivity contribution in [1.29, 1.82) is 0 Å². The van der Waals surface area contributed by atoms with Gasteiger partial charge in [0.25, 0.3) is 0 Å². The van der Waals surface area contributed by atoms with E-state index >= 15 is 0 Å². The smallest absolute Gasteiger partial charge is 0.175 e. The van der Waals surface area contributed by atoms with Crippen LogP contribution < -0.4 is 11.3 Å². The predicted molar refractivity (Wildman–Crippen MR) is 80.7 cm³/mol. The highest BCUT2D eigenvalue weighted by Gasteiger charge is 2.18. The molecule has 0 fully saturated rings. The maximum Gasteiger partial charge on any atom is 0.175 e. The second-order valence-electron chi connectivity index (χ2n) is 4.08. The van der Waals surface area contributed by atoms with E-state index in [1.807, 2.05) is 17.5 Å². The van der Waals surface area contributed by atoms with E-state index in [4.69, 9.17) is 5.84 Å². The molecule has 1 unspecified atom stereocenters. The third kappa shape index (κ3) is 3.24. The van der Waals surface area contributed by atoms with Crippen molar-refractivity contribution in [2.24, 2.45) is 5.84 Å². The van der Waals surface area contributed by atoms with E-state index in [9.17, 15) is 8.42 Å². The van der Waals surface area contributed by atoms with Gasteiger partial charge < -0.3 is 0 Å². The van der Waals surface area contributed by atoms with Gasteiger partial charge in [0.2, 0.25) is 0 Å². The van der Waals surface area contributed by atoms with Gasteiger partial charge in [-0.2, -0.15) is 0 Å². The van der Waals surface area contributed by atoms with Gasteiger partial charge in [-0.1, -0.05) is 12.1 Å². The minimum Gasteiger partial charge on any atom is -0.271 e. The van der Waals surface area contributed by atoms with E-state index in [2.05, 4.69) is 21.4 Å². The molecule has 1 aromatic carbocycles. The van der Waals surface area contributed by atoms with Crippen molar-refractivity contribution in [3.63, 3.8) is 0 Å². The molecule has 0 saturated carbocycles. The third-order valence-corrected chi connectivity index (χ3v) is 5.74. The molecular formula is C12H13BrN2O2S2. The summed E-state index contributed by atoms with van der Waals surface area (Å²) >= 11 is 5.01. The first kappa shape index (κ1) is 14.7. The van der Waals surface area contributed by atoms with Crippen LogP contribution in [-0.4, -0.2) is 14.7 Å². The zero-order chi connectivity index (χ0) is 14.0. The van der Waals surface area contributed by atoms with E-state index in [0.717, 1.165) is 14.9 Å². The Labute approximate surface area is 124 Å². The molecule has 2 rings (SSSR count). The Balaban J connectivity index is 2.48. The molecule has 0 aliphatic heterocycles. The quantitative estimate of drug-likeness (QED) is 0.648. The summed E-state index contributed by atoms with van der Waals surface area (Å²) in [4.78, 5) is 1.30. The largest absolute Gasteiger partial charge is 0.271 e. The van der Waals surface area contributed by atoms with Crippen LogP contribution in [0.25, 0.3) is 0 Å². The number of rotatable bonds is 4. The maximum absolute atomic E-state index is 11.6. The molecular weight excluding hydrogens is 348 g/mol. The van der Waals surface area contributed by atoms with E-state index in [1.165, 1.54) is 6.26 Å². The summed E-state index contributed by atoms with van der Waals surface area (Å²) in [5.41, 5.74) is 3.54. The molecule has 0 saturated heterocycles. The van der Waals surface area contributed by atoms with Gasteiger partial charge in [-0.15, -0.1) is 11.3 Å². The summed E-state index contributed by atoms with van der Waals surface area (Å²) in [5.74, 6) is 5.61. The Kier molecular flexibility index (Phi) is 4.42. The van der Waals surface area contributed by atoms with Crippen molar-refractivity contribution in [1.82, 2.24) is 5.43 Å². The fourth-order valence-electron chi connectivity index (χ4n) is 1.76. The highest BCUT2D eigenvalue weighted by Crippen LogP contribution is 2.33. The van der Waals surface area contributed by atoms with Crippen LogP contribution in [0.1, 0.15) is 16.5 Å². The van der Waals surface area contributed by atoms with Crippen LogP contribution in [0.2, 0.25) is 0 Å². The van der Waals surface area contributed by atoms with Crippen molar-refractivity contribution in [2.75, 3.05) is 6.26 Å². The second kappa shape index (κ2) is 5.72. The second-order valence-corrected chi connectivity index (χ2v) is 7.89. The minimum absolute atomic E-state index is 0.240. The zero-order valence-corrected chi connectivity index (χ0v) is 13.3. The maximum atomic E-state index is 11.6. The molecule has 19 heavy (non-hydrogen) atoms. The fourth-order valence-corrected chi connectivity index (χ4v) is 4.12. The van der Waals surface area contributed by atoms with Crippen LogP contribution in [0, 0.1) is 0 Å². The lowest BCUT2D eigenvalue weighted by molar-refractivity contribution is 0.600. The van der Waals surface area contributed by atoms with Crippen molar-refractivity contribution < 1.29 is 8.42 Å². The average Bonchev–Trinajstić information content (AvgIpc) is 2.76. The molecule has 0 aliphatic rings. The van der Waals surface area contributed by atoms with E-state index < -0.39 is 9.84 Å². The average molecular weight is 361 g/mol. The molecule has 1 heterocycles. The normalized spacial score (nSPS) is 13.4. The van der Waals surface area contributed by atoms with Crippen molar-refractivity contribution in [3.8, 4) is 0 Å². The molecule has 2 aromatic rings. The fraction of sp³-hybridized carbons (Fsp3) is 0.167. The van der Waals surface area contributed by atoms with Crippen LogP contribution in [-0.2, 0) is 9.84 Å². The van der Waals surface area contributed by atoms with Gasteiger partial charge >= 0.3 is 0 Å². The van der Waals surface area contributed by atoms with Crippen molar-refractivity contribution in [2.45, 2.75) is 10.9 Å². The van der Waals surface area contributed by atoms with Gasteiger partial charge in [-0.25, -0.2) is 13.8 Å². The molecule has 0 radical (unpaired) electrons. The van der Waals surface area contributed by atoms with E-state index in [1.54, 1.807) is 29.5 Å². The summed E-state index contributed by atoms with van der Waals surface area (Å²) in [6.45, 7) is 0. The highest BCUT2D eigenvalue weighted by atomic mass is 79.9. The number of sulfone groups is 1. The van der Waals surface area contributed by atoms with Crippen LogP contribution in [0.3, 0.4) is 0 Å². The standard InChI is InChI=1S/C12H13BrN2O2S2/c1-19(16,17)9-4-2-3-8(7-9)11(15-14)12-10(13)5-6-18-12/h2-7,11,15H,14H2,1H3. The lowest BCUT2D eigenvalue weighted by Crippen LogP contribution is -2.28. The number of halogens is 1. The molecule has 1 atom stereocenters. The minimum atomic E-state index is -3.22. The van der Waals surface area contributed by atoms with Gasteiger partial charge in [0.05, 0.1) is 10.9 Å². The molecule has 0 spiro atoms. The van der Waals surface area contributed by atoms with Crippen molar-refractivity contribution in [3.05, 3.63) is 50.6 Å². The third-order valence-electron chi connectivity index (χ3n) is 2.69. The van der Waals surface area contributed by atoms with Gasteiger partial charge in [0.15, 0.2) is 9.84 Å². The van der Waals surface area contributed by atoms with E-state index in [0.29, 0.717) is 0 Å². The molecule has 0 amide bonds. The SMILES string of the molecule is CS(=O)(=O)c1cccc(C(NN)c2sccc2Br)c1. The van der Waals surface area contributed by atoms with Crippen LogP contribution in [0.15, 0.2) is 45.1 Å². The topological polar surface area (TPSA) is 72.2 Å². The summed E-state index contributed by atoms with van der Waals surface area (Å²) in [6.07, 6.45) is 1.19. The van der Waals surface area contributed by atoms with Crippen LogP contribution in [0.5, 0.6) is 0 Å². The lowest BCUT2D eigenvalue weighted by Gasteiger charge is -2.16. The number of nitrogens with one attached hydrogen (secondary N) is 1. The Bertz CT molecular complexity index is 683. The summed E-state index contributed by atoms with van der Waals surface area (Å²) in [7, 11) is -3.22. The van der Waals surface area contributed by atoms with Crippen LogP contribution in [0.4, 0.5) is 0 Å². The first-order chi connectivity index (χ1) is 8.93. The molecule has 7 heteroatoms. The predicted octanol–water partition coefficient (Wildman–Crippen LogP) is 2.47. The van der Waals surface area contributed by atoms with Gasteiger partial charge in [-0.05, 0) is 45.1 Å². The van der Waals surface area contributed by atoms with E-state index in [-0.39, 0.29) is 10.9 Å². The Morgan fingerprint density at radius 3 is 2.63 bits per heavy atom. The molecule has 0 aliphatic carbocycles. The zero-order valence-electron chi connectivity index (χ0n) is 10.1. The Morgan fingerprint density at radius 2 is 2.11 bits per heavy atom. The number of thiophene rings is 1. The molecule has 3 N–H and O–H groups in total. The number of nitrogens with two attached hydrogens (primary N) is 1. The number of hydrogen-bond donors (Lipinski definition) is 2. The Hall–Kier alpha value is -0.730. The summed E-state index contributed by atoms with van der Waals surface area (Å²) in [6, 6.07) is 8.49. The first-order valence-corrected chi connectivity index (χ1v) is 8.99. The summed E-state index contributed by atoms with van der Waals surface area (Å²) in [5, 5.41) is 1.95. The highest BCUT2D eigenvalue weighted by molar-refractivity contribution is 9.10. The lowest BCUT2D eigenvalue weighted by atomic mass is 10.1. The Morgan fingerprint density at radius 1 is 1.37 bits per heavy atom. The first-order valence-electron chi connectivity index (χ1n) is 5.42. The van der Waals surface area contributed by atoms with Gasteiger partial charge in [0, 0.05) is 15.6 Å². The molecule has 1 aromatic heterocycles. The summed E-state index contributed by atoms with van der Waals surface area (Å²) < 4.78 is 24.1. The number of hydrazine groups is 1. The molecule has 4 nitrogen and oxygen atoms in total. The van der Waals surface area contributed by atoms with Crippen LogP contribution >= 0.6 is 27.3 Å². The molecule has 0 bridgehead atoms. The number of hydrogen-bond acceptors (Lipinski definition) is 5. The number of benzene rings is 1. The van der Waals surface area contributed by atoms with Gasteiger partial charge in [-0.3, -0.25) is 5.84 Å². The monoisotopic (exact) mass is 360 g/mol. The molecule has 102 valence electrons. The van der Waals surface area contributed by atoms with Gasteiger partial charge in [0.1, 0.15) is 0 Å².